The van der Waals surface area contributed by atoms with Crippen molar-refractivity contribution in [2.75, 3.05) is 20.7 Å². The smallest absolute Gasteiger partial charge is 0.0611 e. The van der Waals surface area contributed by atoms with E-state index in [9.17, 15) is 5.11 Å². The fourth-order valence-corrected chi connectivity index (χ4v) is 2.71. The molecule has 16 heavy (non-hydrogen) atoms. The molecule has 1 rings (SSSR count). The quantitative estimate of drug-likeness (QED) is 0.725. The molecular formula is C13H28N2O. The second-order valence-corrected chi connectivity index (χ2v) is 5.63. The zero-order valence-electron chi connectivity index (χ0n) is 11.3. The van der Waals surface area contributed by atoms with Crippen molar-refractivity contribution in [1.29, 1.82) is 0 Å². The molecule has 1 aliphatic rings. The van der Waals surface area contributed by atoms with Crippen LogP contribution in [0.15, 0.2) is 0 Å². The Kier molecular flexibility index (Phi) is 5.22. The third-order valence-corrected chi connectivity index (χ3v) is 4.29. The van der Waals surface area contributed by atoms with Gasteiger partial charge in [-0.2, -0.15) is 0 Å². The highest BCUT2D eigenvalue weighted by Gasteiger charge is 2.29. The molecule has 0 bridgehead atoms. The Bertz CT molecular complexity index is 198. The predicted molar refractivity (Wildman–Crippen MR) is 68.6 cm³/mol. The first-order chi connectivity index (χ1) is 7.52. The number of rotatable bonds is 6. The van der Waals surface area contributed by atoms with Gasteiger partial charge < -0.3 is 15.3 Å². The third kappa shape index (κ3) is 3.44. The number of hydrogen-bond donors (Lipinski definition) is 2. The highest BCUT2D eigenvalue weighted by atomic mass is 16.3. The van der Waals surface area contributed by atoms with Crippen molar-refractivity contribution < 1.29 is 5.11 Å². The summed E-state index contributed by atoms with van der Waals surface area (Å²) in [6.45, 7) is 4.56. The molecule has 0 heterocycles. The molecule has 2 N–H and O–H groups in total. The van der Waals surface area contributed by atoms with Gasteiger partial charge in [0, 0.05) is 17.6 Å². The molecule has 1 saturated carbocycles. The summed E-state index contributed by atoms with van der Waals surface area (Å²) in [7, 11) is 4.16. The van der Waals surface area contributed by atoms with E-state index in [1.165, 1.54) is 25.7 Å². The van der Waals surface area contributed by atoms with Gasteiger partial charge in [0.1, 0.15) is 0 Å². The first-order valence-corrected chi connectivity index (χ1v) is 6.54. The summed E-state index contributed by atoms with van der Waals surface area (Å²) in [6.07, 6.45) is 6.44. The van der Waals surface area contributed by atoms with Crippen LogP contribution in [0.25, 0.3) is 0 Å². The summed E-state index contributed by atoms with van der Waals surface area (Å²) in [5, 5.41) is 12.6. The monoisotopic (exact) mass is 228 g/mol. The molecule has 2 atom stereocenters. The van der Waals surface area contributed by atoms with Crippen LogP contribution in [-0.2, 0) is 0 Å². The van der Waals surface area contributed by atoms with E-state index < -0.39 is 0 Å². The number of hydrogen-bond acceptors (Lipinski definition) is 3. The largest absolute Gasteiger partial charge is 0.394 e. The molecule has 0 radical (unpaired) electrons. The van der Waals surface area contributed by atoms with Gasteiger partial charge in [0.25, 0.3) is 0 Å². The van der Waals surface area contributed by atoms with E-state index in [1.54, 1.807) is 0 Å². The van der Waals surface area contributed by atoms with E-state index in [0.29, 0.717) is 6.04 Å². The standard InChI is InChI=1S/C13H28N2O/c1-11(9-13(2,10-16)14-3)15(4)12-7-5-6-8-12/h11-12,14,16H,5-10H2,1-4H3. The minimum Gasteiger partial charge on any atom is -0.394 e. The Morgan fingerprint density at radius 3 is 2.44 bits per heavy atom. The Labute approximate surface area is 100 Å². The van der Waals surface area contributed by atoms with Crippen molar-refractivity contribution in [1.82, 2.24) is 10.2 Å². The minimum absolute atomic E-state index is 0.147. The Morgan fingerprint density at radius 1 is 1.44 bits per heavy atom. The lowest BCUT2D eigenvalue weighted by Crippen LogP contribution is -2.49. The fourth-order valence-electron chi connectivity index (χ4n) is 2.71. The van der Waals surface area contributed by atoms with Crippen molar-refractivity contribution in [2.45, 2.75) is 63.6 Å². The van der Waals surface area contributed by atoms with Crippen LogP contribution in [0.1, 0.15) is 46.0 Å². The van der Waals surface area contributed by atoms with Crippen LogP contribution >= 0.6 is 0 Å². The number of aliphatic hydroxyl groups is 1. The maximum Gasteiger partial charge on any atom is 0.0611 e. The molecule has 0 aromatic rings. The molecule has 3 heteroatoms. The summed E-state index contributed by atoms with van der Waals surface area (Å²) < 4.78 is 0. The third-order valence-electron chi connectivity index (χ3n) is 4.29. The molecule has 0 aromatic heterocycles. The van der Waals surface area contributed by atoms with E-state index in [-0.39, 0.29) is 12.1 Å². The van der Waals surface area contributed by atoms with Gasteiger partial charge in [0.2, 0.25) is 0 Å². The first-order valence-electron chi connectivity index (χ1n) is 6.54. The lowest BCUT2D eigenvalue weighted by Gasteiger charge is -2.37. The average molecular weight is 228 g/mol. The number of nitrogens with zero attached hydrogens (tertiary/aromatic N) is 1. The van der Waals surface area contributed by atoms with E-state index in [0.717, 1.165) is 12.5 Å². The maximum absolute atomic E-state index is 9.40. The molecule has 1 fully saturated rings. The van der Waals surface area contributed by atoms with Gasteiger partial charge in [-0.25, -0.2) is 0 Å². The number of aliphatic hydroxyl groups excluding tert-OH is 1. The molecule has 0 saturated heterocycles. The van der Waals surface area contributed by atoms with Crippen LogP contribution in [-0.4, -0.2) is 48.3 Å². The Hall–Kier alpha value is -0.120. The Balaban J connectivity index is 2.46. The van der Waals surface area contributed by atoms with Gasteiger partial charge in [0.05, 0.1) is 6.61 Å². The van der Waals surface area contributed by atoms with Crippen molar-refractivity contribution in [3.05, 3.63) is 0 Å². The highest BCUT2D eigenvalue weighted by molar-refractivity contribution is 4.87. The molecule has 0 spiro atoms. The summed E-state index contributed by atoms with van der Waals surface area (Å²) in [4.78, 5) is 2.50. The molecule has 96 valence electrons. The van der Waals surface area contributed by atoms with Crippen molar-refractivity contribution in [3.8, 4) is 0 Å². The Morgan fingerprint density at radius 2 is 2.00 bits per heavy atom. The van der Waals surface area contributed by atoms with E-state index in [2.05, 4.69) is 31.1 Å². The molecule has 0 aromatic carbocycles. The van der Waals surface area contributed by atoms with Crippen LogP contribution in [0, 0.1) is 0 Å². The van der Waals surface area contributed by atoms with Crippen molar-refractivity contribution >= 4 is 0 Å². The molecule has 0 aliphatic heterocycles. The first kappa shape index (κ1) is 13.9. The van der Waals surface area contributed by atoms with Crippen LogP contribution in [0.3, 0.4) is 0 Å². The van der Waals surface area contributed by atoms with Gasteiger partial charge in [-0.3, -0.25) is 0 Å². The van der Waals surface area contributed by atoms with E-state index >= 15 is 0 Å². The molecule has 1 aliphatic carbocycles. The zero-order chi connectivity index (χ0) is 12.2. The molecule has 3 nitrogen and oxygen atoms in total. The van der Waals surface area contributed by atoms with E-state index in [4.69, 9.17) is 0 Å². The molecule has 0 amide bonds. The van der Waals surface area contributed by atoms with Gasteiger partial charge in [0.15, 0.2) is 0 Å². The van der Waals surface area contributed by atoms with Gasteiger partial charge in [-0.1, -0.05) is 12.8 Å². The van der Waals surface area contributed by atoms with Crippen LogP contribution < -0.4 is 5.32 Å². The second kappa shape index (κ2) is 5.99. The summed E-state index contributed by atoms with van der Waals surface area (Å²) in [5.41, 5.74) is -0.147. The summed E-state index contributed by atoms with van der Waals surface area (Å²) >= 11 is 0. The van der Waals surface area contributed by atoms with Crippen LogP contribution in [0.4, 0.5) is 0 Å². The summed E-state index contributed by atoms with van der Waals surface area (Å²) in [6, 6.07) is 1.28. The SMILES string of the molecule is CNC(C)(CO)CC(C)N(C)C1CCCC1. The topological polar surface area (TPSA) is 35.5 Å². The van der Waals surface area contributed by atoms with E-state index in [1.807, 2.05) is 7.05 Å². The number of likely N-dealkylation sites (N-methyl/N-ethyl adjacent to an activating group) is 1. The lowest BCUT2D eigenvalue weighted by atomic mass is 9.93. The lowest BCUT2D eigenvalue weighted by molar-refractivity contribution is 0.111. The minimum atomic E-state index is -0.147. The number of nitrogens with one attached hydrogen (secondary N) is 1. The molecule has 2 unspecified atom stereocenters. The predicted octanol–water partition coefficient (Wildman–Crippen LogP) is 1.61. The van der Waals surface area contributed by atoms with Crippen LogP contribution in [0.5, 0.6) is 0 Å². The zero-order valence-corrected chi connectivity index (χ0v) is 11.3. The van der Waals surface area contributed by atoms with Gasteiger partial charge >= 0.3 is 0 Å². The normalized spacial score (nSPS) is 23.6. The maximum atomic E-state index is 9.40. The second-order valence-electron chi connectivity index (χ2n) is 5.63. The average Bonchev–Trinajstić information content (AvgIpc) is 2.81. The van der Waals surface area contributed by atoms with Crippen LogP contribution in [0.2, 0.25) is 0 Å². The van der Waals surface area contributed by atoms with Crippen molar-refractivity contribution in [3.63, 3.8) is 0 Å². The van der Waals surface area contributed by atoms with Gasteiger partial charge in [-0.15, -0.1) is 0 Å². The van der Waals surface area contributed by atoms with Crippen molar-refractivity contribution in [2.24, 2.45) is 0 Å². The fraction of sp³-hybridized carbons (Fsp3) is 1.00. The summed E-state index contributed by atoms with van der Waals surface area (Å²) in [5.74, 6) is 0. The van der Waals surface area contributed by atoms with Gasteiger partial charge in [-0.05, 0) is 47.2 Å². The highest BCUT2D eigenvalue weighted by Crippen LogP contribution is 2.26. The molecular weight excluding hydrogens is 200 g/mol.